The van der Waals surface area contributed by atoms with Gasteiger partial charge in [0.1, 0.15) is 11.4 Å². The van der Waals surface area contributed by atoms with E-state index in [1.807, 2.05) is 6.92 Å². The van der Waals surface area contributed by atoms with Gasteiger partial charge in [0.15, 0.2) is 0 Å². The number of carbonyl (C=O) groups excluding carboxylic acids is 1. The van der Waals surface area contributed by atoms with Crippen LogP contribution >= 0.6 is 0 Å². The lowest BCUT2D eigenvalue weighted by Gasteiger charge is -2.49. The number of piperidine rings is 2. The van der Waals surface area contributed by atoms with Gasteiger partial charge < -0.3 is 9.80 Å². The first-order valence-corrected chi connectivity index (χ1v) is 9.53. The van der Waals surface area contributed by atoms with E-state index in [2.05, 4.69) is 32.1 Å². The highest BCUT2D eigenvalue weighted by atomic mass is 16.6. The lowest BCUT2D eigenvalue weighted by Crippen LogP contribution is -2.54. The molecule has 0 aromatic carbocycles. The monoisotopic (exact) mass is 347 g/mol. The van der Waals surface area contributed by atoms with Gasteiger partial charge in [-0.05, 0) is 64.7 Å². The van der Waals surface area contributed by atoms with Crippen molar-refractivity contribution >= 4 is 5.91 Å². The molecule has 3 saturated heterocycles. The predicted molar refractivity (Wildman–Crippen MR) is 92.8 cm³/mol. The van der Waals surface area contributed by atoms with Crippen LogP contribution in [0.3, 0.4) is 0 Å². The third-order valence-corrected chi connectivity index (χ3v) is 6.54. The van der Waals surface area contributed by atoms with Crippen molar-refractivity contribution in [2.24, 2.45) is 5.41 Å². The molecule has 0 radical (unpaired) electrons. The number of rotatable bonds is 3. The highest BCUT2D eigenvalue weighted by Crippen LogP contribution is 2.41. The van der Waals surface area contributed by atoms with Gasteiger partial charge in [0, 0.05) is 32.1 Å². The Morgan fingerprint density at radius 3 is 2.64 bits per heavy atom. The van der Waals surface area contributed by atoms with Crippen molar-refractivity contribution in [1.29, 1.82) is 0 Å². The van der Waals surface area contributed by atoms with Crippen LogP contribution < -0.4 is 0 Å². The van der Waals surface area contributed by atoms with E-state index >= 15 is 0 Å². The van der Waals surface area contributed by atoms with Crippen LogP contribution in [0.1, 0.15) is 43.5 Å². The molecule has 7 heteroatoms. The Kier molecular flexibility index (Phi) is 4.54. The van der Waals surface area contributed by atoms with Crippen LogP contribution in [0.5, 0.6) is 0 Å². The molecule has 4 rings (SSSR count). The molecule has 25 heavy (non-hydrogen) atoms. The standard InChI is InChI=1S/C18H29N5O2/c1-14-16(20-25-19-14)12-22-9-6-18(7-10-22)5-3-17(24)23(13-18)15-4-8-21(2)11-15/h15H,3-13H2,1-2H3/t15-/m0/s1. The Balaban J connectivity index is 1.37. The second kappa shape index (κ2) is 6.68. The summed E-state index contributed by atoms with van der Waals surface area (Å²) in [6, 6.07) is 0.427. The third kappa shape index (κ3) is 3.44. The summed E-state index contributed by atoms with van der Waals surface area (Å²) in [4.78, 5) is 19.5. The molecule has 7 nitrogen and oxygen atoms in total. The van der Waals surface area contributed by atoms with Gasteiger partial charge in [-0.3, -0.25) is 9.69 Å². The SMILES string of the molecule is Cc1nonc1CN1CCC2(CCC(=O)N([C@H]3CCN(C)C3)C2)CC1. The number of nitrogens with zero attached hydrogens (tertiary/aromatic N) is 5. The van der Waals surface area contributed by atoms with Crippen molar-refractivity contribution in [3.63, 3.8) is 0 Å². The van der Waals surface area contributed by atoms with Gasteiger partial charge in [0.2, 0.25) is 5.91 Å². The molecular formula is C18H29N5O2. The third-order valence-electron chi connectivity index (χ3n) is 6.54. The summed E-state index contributed by atoms with van der Waals surface area (Å²) < 4.78 is 4.81. The van der Waals surface area contributed by atoms with E-state index in [9.17, 15) is 4.79 Å². The zero-order chi connectivity index (χ0) is 17.4. The maximum Gasteiger partial charge on any atom is 0.222 e. The molecule has 1 aromatic heterocycles. The second-order valence-corrected chi connectivity index (χ2v) is 8.30. The molecule has 0 unspecified atom stereocenters. The molecule has 0 N–H and O–H groups in total. The van der Waals surface area contributed by atoms with Crippen LogP contribution in [0.15, 0.2) is 4.63 Å². The summed E-state index contributed by atoms with van der Waals surface area (Å²) in [5.74, 6) is 0.373. The number of aromatic nitrogens is 2. The number of amides is 1. The molecule has 1 atom stereocenters. The van der Waals surface area contributed by atoms with E-state index in [4.69, 9.17) is 4.63 Å². The topological polar surface area (TPSA) is 65.7 Å². The molecule has 4 heterocycles. The van der Waals surface area contributed by atoms with Gasteiger partial charge in [-0.2, -0.15) is 0 Å². The minimum Gasteiger partial charge on any atom is -0.338 e. The first-order valence-electron chi connectivity index (χ1n) is 9.53. The molecule has 0 aliphatic carbocycles. The van der Waals surface area contributed by atoms with Crippen LogP contribution in [0.25, 0.3) is 0 Å². The fourth-order valence-corrected chi connectivity index (χ4v) is 4.74. The van der Waals surface area contributed by atoms with E-state index < -0.39 is 0 Å². The molecule has 1 aromatic rings. The molecule has 1 spiro atoms. The Morgan fingerprint density at radius 1 is 1.20 bits per heavy atom. The van der Waals surface area contributed by atoms with Crippen LogP contribution in [-0.2, 0) is 11.3 Å². The quantitative estimate of drug-likeness (QED) is 0.821. The maximum absolute atomic E-state index is 12.5. The van der Waals surface area contributed by atoms with Crippen LogP contribution in [-0.4, -0.2) is 76.7 Å². The average molecular weight is 347 g/mol. The summed E-state index contributed by atoms with van der Waals surface area (Å²) >= 11 is 0. The van der Waals surface area contributed by atoms with Gasteiger partial charge in [-0.15, -0.1) is 0 Å². The Hall–Kier alpha value is -1.47. The van der Waals surface area contributed by atoms with Crippen molar-refractivity contribution in [2.75, 3.05) is 39.8 Å². The van der Waals surface area contributed by atoms with Crippen LogP contribution in [0.2, 0.25) is 0 Å². The summed E-state index contributed by atoms with van der Waals surface area (Å²) in [6.45, 7) is 8.01. The number of likely N-dealkylation sites (N-methyl/N-ethyl adjacent to an activating group) is 1. The van der Waals surface area contributed by atoms with Gasteiger partial charge in [0.05, 0.1) is 0 Å². The summed E-state index contributed by atoms with van der Waals surface area (Å²) in [6.07, 6.45) is 5.26. The molecule has 1 amide bonds. The Labute approximate surface area is 149 Å². The minimum absolute atomic E-state index is 0.322. The zero-order valence-corrected chi connectivity index (χ0v) is 15.4. The van der Waals surface area contributed by atoms with Gasteiger partial charge in [-0.25, -0.2) is 4.63 Å². The smallest absolute Gasteiger partial charge is 0.222 e. The molecule has 0 bridgehead atoms. The highest BCUT2D eigenvalue weighted by molar-refractivity contribution is 5.77. The molecule has 3 fully saturated rings. The van der Waals surface area contributed by atoms with Gasteiger partial charge in [-0.1, -0.05) is 10.3 Å². The highest BCUT2D eigenvalue weighted by Gasteiger charge is 2.43. The van der Waals surface area contributed by atoms with Crippen molar-refractivity contribution in [3.05, 3.63) is 11.4 Å². The maximum atomic E-state index is 12.5. The zero-order valence-electron chi connectivity index (χ0n) is 15.4. The fraction of sp³-hybridized carbons (Fsp3) is 0.833. The first kappa shape index (κ1) is 17.0. The van der Waals surface area contributed by atoms with Crippen molar-refractivity contribution in [1.82, 2.24) is 25.0 Å². The predicted octanol–water partition coefficient (Wildman–Crippen LogP) is 1.29. The van der Waals surface area contributed by atoms with Crippen LogP contribution in [0.4, 0.5) is 0 Å². The fourth-order valence-electron chi connectivity index (χ4n) is 4.74. The largest absolute Gasteiger partial charge is 0.338 e. The van der Waals surface area contributed by atoms with E-state index in [0.29, 0.717) is 17.4 Å². The number of carbonyl (C=O) groups is 1. The van der Waals surface area contributed by atoms with E-state index in [1.54, 1.807) is 0 Å². The van der Waals surface area contributed by atoms with Gasteiger partial charge >= 0.3 is 0 Å². The number of hydrogen-bond acceptors (Lipinski definition) is 6. The lowest BCUT2D eigenvalue weighted by molar-refractivity contribution is -0.142. The normalized spacial score (nSPS) is 28.2. The van der Waals surface area contributed by atoms with E-state index in [0.717, 1.165) is 69.9 Å². The number of hydrogen-bond donors (Lipinski definition) is 0. The molecule has 3 aliphatic heterocycles. The molecule has 138 valence electrons. The van der Waals surface area contributed by atoms with Crippen molar-refractivity contribution in [3.8, 4) is 0 Å². The summed E-state index contributed by atoms with van der Waals surface area (Å²) in [5.41, 5.74) is 2.16. The minimum atomic E-state index is 0.322. The molecule has 3 aliphatic rings. The number of aryl methyl sites for hydroxylation is 1. The number of likely N-dealkylation sites (tertiary alicyclic amines) is 3. The Morgan fingerprint density at radius 2 is 2.00 bits per heavy atom. The lowest BCUT2D eigenvalue weighted by atomic mass is 9.72. The summed E-state index contributed by atoms with van der Waals surface area (Å²) in [5, 5.41) is 7.88. The van der Waals surface area contributed by atoms with Gasteiger partial charge in [0.25, 0.3) is 0 Å². The average Bonchev–Trinajstić information content (AvgIpc) is 3.21. The first-order chi connectivity index (χ1) is 12.0. The van der Waals surface area contributed by atoms with E-state index in [1.165, 1.54) is 12.8 Å². The molecule has 0 saturated carbocycles. The second-order valence-electron chi connectivity index (χ2n) is 8.30. The summed E-state index contributed by atoms with van der Waals surface area (Å²) in [7, 11) is 2.16. The van der Waals surface area contributed by atoms with E-state index in [-0.39, 0.29) is 0 Å². The van der Waals surface area contributed by atoms with Crippen molar-refractivity contribution in [2.45, 2.75) is 51.6 Å². The molecular weight excluding hydrogens is 318 g/mol. The van der Waals surface area contributed by atoms with Crippen LogP contribution in [0, 0.1) is 12.3 Å². The van der Waals surface area contributed by atoms with Crippen molar-refractivity contribution < 1.29 is 9.42 Å². The Bertz CT molecular complexity index is 623.